The molecule has 2 amide bonds. The molecule has 1 aliphatic carbocycles. The molecule has 1 aromatic carbocycles. The normalized spacial score (nSPS) is 15.8. The van der Waals surface area contributed by atoms with Crippen LogP contribution in [-0.2, 0) is 22.9 Å². The molecule has 0 unspecified atom stereocenters. The molecule has 0 bridgehead atoms. The number of alkyl halides is 3. The van der Waals surface area contributed by atoms with Gasteiger partial charge in [0.2, 0.25) is 5.91 Å². The van der Waals surface area contributed by atoms with Crippen molar-refractivity contribution in [2.45, 2.75) is 69.6 Å². The highest BCUT2D eigenvalue weighted by Crippen LogP contribution is 2.31. The molecule has 9 heteroatoms. The minimum atomic E-state index is -4.47. The van der Waals surface area contributed by atoms with Crippen molar-refractivity contribution < 1.29 is 22.8 Å². The second kappa shape index (κ2) is 9.84. The minimum Gasteiger partial charge on any atom is -0.350 e. The molecule has 0 radical (unpaired) electrons. The van der Waals surface area contributed by atoms with E-state index in [4.69, 9.17) is 0 Å². The lowest BCUT2D eigenvalue weighted by atomic mass is 9.80. The van der Waals surface area contributed by atoms with E-state index in [-0.39, 0.29) is 12.1 Å². The maximum Gasteiger partial charge on any atom is 0.416 e. The molecule has 2 aromatic rings. The summed E-state index contributed by atoms with van der Waals surface area (Å²) in [5.41, 5.74) is -1.79. The van der Waals surface area contributed by atoms with E-state index in [0.29, 0.717) is 24.1 Å². The fourth-order valence-electron chi connectivity index (χ4n) is 4.03. The monoisotopic (exact) mass is 472 g/mol. The number of nitrogens with zero attached hydrogens (tertiary/aromatic N) is 2. The average Bonchev–Trinajstić information content (AvgIpc) is 2.82. The van der Waals surface area contributed by atoms with Crippen molar-refractivity contribution >= 4 is 11.8 Å². The zero-order chi connectivity index (χ0) is 25.0. The smallest absolute Gasteiger partial charge is 0.350 e. The van der Waals surface area contributed by atoms with Gasteiger partial charge in [0.1, 0.15) is 5.54 Å². The first kappa shape index (κ1) is 25.2. The van der Waals surface area contributed by atoms with E-state index in [1.54, 1.807) is 13.8 Å². The van der Waals surface area contributed by atoms with Crippen LogP contribution in [0.15, 0.2) is 42.6 Å². The van der Waals surface area contributed by atoms with Crippen LogP contribution in [0.3, 0.4) is 0 Å². The Bertz CT molecular complexity index is 1100. The first-order valence-electron chi connectivity index (χ1n) is 11.1. The number of hydrogen-bond acceptors (Lipinski definition) is 4. The van der Waals surface area contributed by atoms with Gasteiger partial charge in [0.25, 0.3) is 5.91 Å². The third kappa shape index (κ3) is 5.74. The molecule has 6 nitrogen and oxygen atoms in total. The Hall–Kier alpha value is -3.41. The number of aromatic nitrogens is 1. The lowest BCUT2D eigenvalue weighted by Gasteiger charge is -2.36. The van der Waals surface area contributed by atoms with E-state index < -0.39 is 34.5 Å². The molecule has 3 rings (SSSR count). The number of carbonyl (C=O) groups is 2. The van der Waals surface area contributed by atoms with Crippen molar-refractivity contribution in [1.82, 2.24) is 15.6 Å². The topological polar surface area (TPSA) is 94.9 Å². The van der Waals surface area contributed by atoms with Crippen molar-refractivity contribution in [1.29, 1.82) is 5.26 Å². The molecule has 0 atom stereocenters. The Kier molecular flexibility index (Phi) is 7.29. The van der Waals surface area contributed by atoms with E-state index in [9.17, 15) is 28.0 Å². The number of carbonyl (C=O) groups excluding carboxylic acids is 2. The number of halogens is 3. The average molecular weight is 473 g/mol. The van der Waals surface area contributed by atoms with Crippen molar-refractivity contribution in [3.8, 4) is 6.07 Å². The molecule has 180 valence electrons. The van der Waals surface area contributed by atoms with Gasteiger partial charge in [0.05, 0.1) is 22.7 Å². The van der Waals surface area contributed by atoms with E-state index in [0.717, 1.165) is 31.4 Å². The molecule has 0 aliphatic heterocycles. The predicted molar refractivity (Wildman–Crippen MR) is 119 cm³/mol. The van der Waals surface area contributed by atoms with Gasteiger partial charge in [-0.1, -0.05) is 31.4 Å². The van der Waals surface area contributed by atoms with Crippen LogP contribution in [0.5, 0.6) is 0 Å². The van der Waals surface area contributed by atoms with Gasteiger partial charge in [-0.3, -0.25) is 14.6 Å². The maximum absolute atomic E-state index is 13.2. The fraction of sp³-hybridized carbons (Fsp3) is 0.440. The van der Waals surface area contributed by atoms with Crippen LogP contribution in [0.1, 0.15) is 73.1 Å². The Morgan fingerprint density at radius 1 is 1.12 bits per heavy atom. The van der Waals surface area contributed by atoms with Gasteiger partial charge in [-0.2, -0.15) is 18.4 Å². The number of pyridine rings is 1. The molecule has 2 N–H and O–H groups in total. The lowest BCUT2D eigenvalue weighted by Crippen LogP contribution is -2.59. The molecule has 1 aromatic heterocycles. The Morgan fingerprint density at radius 2 is 1.82 bits per heavy atom. The van der Waals surface area contributed by atoms with Gasteiger partial charge < -0.3 is 10.6 Å². The summed E-state index contributed by atoms with van der Waals surface area (Å²) in [5.74, 6) is -0.891. The van der Waals surface area contributed by atoms with Crippen molar-refractivity contribution in [3.05, 3.63) is 65.0 Å². The maximum atomic E-state index is 13.2. The van der Waals surface area contributed by atoms with E-state index in [1.807, 2.05) is 0 Å². The van der Waals surface area contributed by atoms with Crippen molar-refractivity contribution in [2.24, 2.45) is 0 Å². The third-order valence-corrected chi connectivity index (χ3v) is 6.14. The summed E-state index contributed by atoms with van der Waals surface area (Å²) in [6.07, 6.45) is 0.227. The number of hydrogen-bond donors (Lipinski definition) is 2. The first-order valence-corrected chi connectivity index (χ1v) is 11.1. The molecular weight excluding hydrogens is 445 g/mol. The van der Waals surface area contributed by atoms with Gasteiger partial charge in [0, 0.05) is 18.3 Å². The third-order valence-electron chi connectivity index (χ3n) is 6.14. The van der Waals surface area contributed by atoms with Gasteiger partial charge in [0.15, 0.2) is 0 Å². The van der Waals surface area contributed by atoms with E-state index in [1.165, 1.54) is 30.5 Å². The van der Waals surface area contributed by atoms with Crippen molar-refractivity contribution in [2.75, 3.05) is 0 Å². The summed E-state index contributed by atoms with van der Waals surface area (Å²) < 4.78 is 39.0. The molecular formula is C25H27F3N4O2. The highest BCUT2D eigenvalue weighted by Gasteiger charge is 2.41. The molecule has 34 heavy (non-hydrogen) atoms. The molecule has 1 fully saturated rings. The van der Waals surface area contributed by atoms with Crippen LogP contribution in [0, 0.1) is 11.3 Å². The Morgan fingerprint density at radius 3 is 2.47 bits per heavy atom. The number of rotatable bonds is 6. The summed E-state index contributed by atoms with van der Waals surface area (Å²) in [4.78, 5) is 30.5. The quantitative estimate of drug-likeness (QED) is 0.640. The summed E-state index contributed by atoms with van der Waals surface area (Å²) in [5, 5.41) is 14.9. The highest BCUT2D eigenvalue weighted by molar-refractivity contribution is 5.99. The first-order chi connectivity index (χ1) is 16.0. The molecule has 0 spiro atoms. The van der Waals surface area contributed by atoms with Gasteiger partial charge >= 0.3 is 6.18 Å². The summed E-state index contributed by atoms with van der Waals surface area (Å²) >= 11 is 0. The van der Waals surface area contributed by atoms with Gasteiger partial charge in [-0.25, -0.2) is 0 Å². The largest absolute Gasteiger partial charge is 0.416 e. The van der Waals surface area contributed by atoms with Gasteiger partial charge in [-0.15, -0.1) is 0 Å². The predicted octanol–water partition coefficient (Wildman–Crippen LogP) is 4.65. The summed E-state index contributed by atoms with van der Waals surface area (Å²) in [7, 11) is 0. The number of nitriles is 1. The zero-order valence-corrected chi connectivity index (χ0v) is 19.1. The second-order valence-electron chi connectivity index (χ2n) is 9.14. The zero-order valence-electron chi connectivity index (χ0n) is 19.1. The van der Waals surface area contributed by atoms with Crippen LogP contribution in [0.2, 0.25) is 0 Å². The lowest BCUT2D eigenvalue weighted by molar-refractivity contribution is -0.137. The summed E-state index contributed by atoms with van der Waals surface area (Å²) in [6.45, 7) is 3.30. The van der Waals surface area contributed by atoms with Crippen molar-refractivity contribution in [3.63, 3.8) is 0 Å². The highest BCUT2D eigenvalue weighted by atomic mass is 19.4. The standard InChI is InChI=1S/C25H27F3N4O2/c1-23(2,16-29)20-14-18(9-12-30-20)21(33)32-24(10-4-3-5-11-24)22(34)31-15-17-7-6-8-19(13-17)25(26,27)28/h6-9,12-14H,3-5,10-11,15H2,1-2H3,(H,31,34)(H,32,33). The molecule has 1 saturated carbocycles. The van der Waals surface area contributed by atoms with Crippen LogP contribution in [-0.4, -0.2) is 22.3 Å². The SMILES string of the molecule is CC(C)(C#N)c1cc(C(=O)NC2(C(=O)NCc3cccc(C(F)(F)F)c3)CCCCC2)ccn1. The Balaban J connectivity index is 1.77. The fourth-order valence-corrected chi connectivity index (χ4v) is 4.03. The second-order valence-corrected chi connectivity index (χ2v) is 9.14. The minimum absolute atomic E-state index is 0.0872. The van der Waals surface area contributed by atoms with Crippen LogP contribution in [0.25, 0.3) is 0 Å². The van der Waals surface area contributed by atoms with Crippen LogP contribution in [0.4, 0.5) is 13.2 Å². The number of benzene rings is 1. The Labute approximate surface area is 196 Å². The molecule has 0 saturated heterocycles. The molecule has 1 heterocycles. The van der Waals surface area contributed by atoms with Crippen LogP contribution < -0.4 is 10.6 Å². The van der Waals surface area contributed by atoms with E-state index >= 15 is 0 Å². The number of nitrogens with one attached hydrogen (secondary N) is 2. The number of amides is 2. The molecule has 1 aliphatic rings. The van der Waals surface area contributed by atoms with E-state index in [2.05, 4.69) is 21.7 Å². The summed E-state index contributed by atoms with van der Waals surface area (Å²) in [6, 6.07) is 9.99. The van der Waals surface area contributed by atoms with Gasteiger partial charge in [-0.05, 0) is 56.5 Å². The van der Waals surface area contributed by atoms with Crippen LogP contribution >= 0.6 is 0 Å².